The number of hydrogen-bond acceptors (Lipinski definition) is 3. The number of methoxy groups -OCH3 is 1. The SMILES string of the molecule is C=CC(C)(Cc1cc(Br)ccc1OC)C(=O)OCC. The second kappa shape index (κ2) is 6.75. The van der Waals surface area contributed by atoms with Gasteiger partial charge in [-0.2, -0.15) is 0 Å². The van der Waals surface area contributed by atoms with Gasteiger partial charge in [-0.05, 0) is 44.0 Å². The molecule has 0 amide bonds. The van der Waals surface area contributed by atoms with Crippen LogP contribution in [0.3, 0.4) is 0 Å². The van der Waals surface area contributed by atoms with E-state index in [9.17, 15) is 4.79 Å². The highest BCUT2D eigenvalue weighted by atomic mass is 79.9. The molecule has 4 heteroatoms. The quantitative estimate of drug-likeness (QED) is 0.590. The molecule has 0 aliphatic heterocycles. The average Bonchev–Trinajstić information content (AvgIpc) is 2.39. The average molecular weight is 327 g/mol. The summed E-state index contributed by atoms with van der Waals surface area (Å²) in [4.78, 5) is 12.0. The van der Waals surface area contributed by atoms with Gasteiger partial charge in [0.15, 0.2) is 0 Å². The minimum absolute atomic E-state index is 0.271. The van der Waals surface area contributed by atoms with Gasteiger partial charge in [0.25, 0.3) is 0 Å². The minimum Gasteiger partial charge on any atom is -0.496 e. The maximum atomic E-state index is 12.0. The van der Waals surface area contributed by atoms with Crippen molar-refractivity contribution < 1.29 is 14.3 Å². The van der Waals surface area contributed by atoms with E-state index < -0.39 is 5.41 Å². The molecule has 3 nitrogen and oxygen atoms in total. The molecule has 1 aromatic rings. The van der Waals surface area contributed by atoms with Gasteiger partial charge in [-0.3, -0.25) is 4.79 Å². The van der Waals surface area contributed by atoms with Crippen LogP contribution in [-0.2, 0) is 16.0 Å². The molecule has 1 unspecified atom stereocenters. The maximum absolute atomic E-state index is 12.0. The topological polar surface area (TPSA) is 35.5 Å². The molecule has 0 spiro atoms. The summed E-state index contributed by atoms with van der Waals surface area (Å²) >= 11 is 3.43. The molecule has 0 aliphatic carbocycles. The number of benzene rings is 1. The maximum Gasteiger partial charge on any atom is 0.315 e. The summed E-state index contributed by atoms with van der Waals surface area (Å²) in [6.07, 6.45) is 2.11. The Labute approximate surface area is 122 Å². The number of hydrogen-bond donors (Lipinski definition) is 0. The van der Waals surface area contributed by atoms with Crippen molar-refractivity contribution in [1.29, 1.82) is 0 Å². The van der Waals surface area contributed by atoms with Crippen molar-refractivity contribution in [3.63, 3.8) is 0 Å². The number of halogens is 1. The van der Waals surface area contributed by atoms with Crippen molar-refractivity contribution >= 4 is 21.9 Å². The van der Waals surface area contributed by atoms with E-state index in [1.807, 2.05) is 25.1 Å². The van der Waals surface area contributed by atoms with Crippen LogP contribution < -0.4 is 4.74 Å². The Balaban J connectivity index is 3.07. The van der Waals surface area contributed by atoms with Gasteiger partial charge >= 0.3 is 5.97 Å². The molecule has 19 heavy (non-hydrogen) atoms. The third kappa shape index (κ3) is 3.83. The Bertz CT molecular complexity index is 470. The van der Waals surface area contributed by atoms with E-state index in [1.165, 1.54) is 0 Å². The molecule has 0 bridgehead atoms. The van der Waals surface area contributed by atoms with E-state index in [0.717, 1.165) is 15.8 Å². The van der Waals surface area contributed by atoms with Crippen LogP contribution in [0.4, 0.5) is 0 Å². The van der Waals surface area contributed by atoms with Gasteiger partial charge in [0.2, 0.25) is 0 Å². The van der Waals surface area contributed by atoms with Crippen LogP contribution in [0, 0.1) is 5.41 Å². The summed E-state index contributed by atoms with van der Waals surface area (Å²) in [6, 6.07) is 5.71. The first-order valence-corrected chi connectivity index (χ1v) is 6.89. The lowest BCUT2D eigenvalue weighted by atomic mass is 9.83. The number of carbonyl (C=O) groups is 1. The Morgan fingerprint density at radius 1 is 1.53 bits per heavy atom. The molecule has 0 aromatic heterocycles. The largest absolute Gasteiger partial charge is 0.496 e. The molecule has 1 rings (SSSR count). The third-order valence-corrected chi connectivity index (χ3v) is 3.49. The van der Waals surface area contributed by atoms with Gasteiger partial charge in [0.05, 0.1) is 19.1 Å². The van der Waals surface area contributed by atoms with E-state index >= 15 is 0 Å². The van der Waals surface area contributed by atoms with Crippen molar-refractivity contribution in [2.75, 3.05) is 13.7 Å². The molecule has 0 heterocycles. The Morgan fingerprint density at radius 3 is 2.74 bits per heavy atom. The van der Waals surface area contributed by atoms with Crippen LogP contribution >= 0.6 is 15.9 Å². The Morgan fingerprint density at radius 2 is 2.21 bits per heavy atom. The zero-order valence-electron chi connectivity index (χ0n) is 11.5. The summed E-state index contributed by atoms with van der Waals surface area (Å²) in [7, 11) is 1.61. The molecule has 0 saturated heterocycles. The summed E-state index contributed by atoms with van der Waals surface area (Å²) in [5.74, 6) is 0.479. The number of carbonyl (C=O) groups excluding carboxylic acids is 1. The third-order valence-electron chi connectivity index (χ3n) is 2.99. The fourth-order valence-corrected chi connectivity index (χ4v) is 2.21. The molecule has 0 aliphatic rings. The van der Waals surface area contributed by atoms with Crippen molar-refractivity contribution in [1.82, 2.24) is 0 Å². The monoisotopic (exact) mass is 326 g/mol. The zero-order valence-corrected chi connectivity index (χ0v) is 13.1. The molecule has 0 radical (unpaired) electrons. The van der Waals surface area contributed by atoms with Gasteiger partial charge < -0.3 is 9.47 Å². The van der Waals surface area contributed by atoms with Crippen molar-refractivity contribution in [3.05, 3.63) is 40.9 Å². The van der Waals surface area contributed by atoms with Crippen LogP contribution in [0.1, 0.15) is 19.4 Å². The Hall–Kier alpha value is -1.29. The molecular formula is C15H19BrO3. The minimum atomic E-state index is -0.760. The standard InChI is InChI=1S/C15H19BrO3/c1-5-15(3,14(17)19-6-2)10-11-9-12(16)7-8-13(11)18-4/h5,7-9H,1,6,10H2,2-4H3. The first kappa shape index (κ1) is 15.8. The molecule has 0 fully saturated rings. The fraction of sp³-hybridized carbons (Fsp3) is 0.400. The molecule has 104 valence electrons. The van der Waals surface area contributed by atoms with Crippen LogP contribution in [0.5, 0.6) is 5.75 Å². The second-order valence-corrected chi connectivity index (χ2v) is 5.39. The van der Waals surface area contributed by atoms with E-state index in [-0.39, 0.29) is 5.97 Å². The van der Waals surface area contributed by atoms with Gasteiger partial charge in [-0.1, -0.05) is 22.0 Å². The predicted octanol–water partition coefficient (Wildman–Crippen LogP) is 3.76. The molecule has 1 aromatic carbocycles. The van der Waals surface area contributed by atoms with Crippen LogP contribution in [0.25, 0.3) is 0 Å². The molecule has 0 N–H and O–H groups in total. The van der Waals surface area contributed by atoms with E-state index in [4.69, 9.17) is 9.47 Å². The highest BCUT2D eigenvalue weighted by Crippen LogP contribution is 2.32. The fourth-order valence-electron chi connectivity index (χ4n) is 1.80. The number of ether oxygens (including phenoxy) is 2. The van der Waals surface area contributed by atoms with E-state index in [2.05, 4.69) is 22.5 Å². The normalized spacial score (nSPS) is 13.5. The van der Waals surface area contributed by atoms with Gasteiger partial charge in [-0.15, -0.1) is 6.58 Å². The highest BCUT2D eigenvalue weighted by molar-refractivity contribution is 9.10. The molecule has 0 saturated carbocycles. The lowest BCUT2D eigenvalue weighted by Crippen LogP contribution is -2.30. The zero-order chi connectivity index (χ0) is 14.5. The highest BCUT2D eigenvalue weighted by Gasteiger charge is 2.32. The number of esters is 1. The van der Waals surface area contributed by atoms with Crippen molar-refractivity contribution in [2.24, 2.45) is 5.41 Å². The smallest absolute Gasteiger partial charge is 0.315 e. The predicted molar refractivity (Wildman–Crippen MR) is 79.3 cm³/mol. The van der Waals surface area contributed by atoms with Crippen LogP contribution in [0.15, 0.2) is 35.3 Å². The second-order valence-electron chi connectivity index (χ2n) is 4.48. The van der Waals surface area contributed by atoms with E-state index in [0.29, 0.717) is 13.0 Å². The van der Waals surface area contributed by atoms with Gasteiger partial charge in [-0.25, -0.2) is 0 Å². The number of rotatable bonds is 6. The Kier molecular flexibility index (Phi) is 5.60. The summed E-state index contributed by atoms with van der Waals surface area (Å²) in [5.41, 5.74) is 0.178. The lowest BCUT2D eigenvalue weighted by Gasteiger charge is -2.24. The first-order valence-electron chi connectivity index (χ1n) is 6.10. The van der Waals surface area contributed by atoms with Crippen molar-refractivity contribution in [3.8, 4) is 5.75 Å². The van der Waals surface area contributed by atoms with Crippen LogP contribution in [0.2, 0.25) is 0 Å². The lowest BCUT2D eigenvalue weighted by molar-refractivity contribution is -0.151. The summed E-state index contributed by atoms with van der Waals surface area (Å²) in [5, 5.41) is 0. The van der Waals surface area contributed by atoms with Crippen LogP contribution in [-0.4, -0.2) is 19.7 Å². The van der Waals surface area contributed by atoms with Crippen molar-refractivity contribution in [2.45, 2.75) is 20.3 Å². The van der Waals surface area contributed by atoms with Gasteiger partial charge in [0.1, 0.15) is 5.75 Å². The first-order chi connectivity index (χ1) is 8.96. The molecular weight excluding hydrogens is 308 g/mol. The molecule has 1 atom stereocenters. The van der Waals surface area contributed by atoms with Gasteiger partial charge in [0, 0.05) is 4.47 Å². The van der Waals surface area contributed by atoms with E-state index in [1.54, 1.807) is 20.1 Å². The summed E-state index contributed by atoms with van der Waals surface area (Å²) in [6.45, 7) is 7.73. The summed E-state index contributed by atoms with van der Waals surface area (Å²) < 4.78 is 11.4.